The highest BCUT2D eigenvalue weighted by molar-refractivity contribution is 9.09. The summed E-state index contributed by atoms with van der Waals surface area (Å²) in [5, 5.41) is 0.799. The Morgan fingerprint density at radius 1 is 1.50 bits per heavy atom. The molecule has 0 saturated carbocycles. The topological polar surface area (TPSA) is 0 Å². The highest BCUT2D eigenvalue weighted by Crippen LogP contribution is 2.21. The van der Waals surface area contributed by atoms with Crippen LogP contribution >= 0.6 is 15.9 Å². The standard InChI is InChI=1S/C10H12BrF/c1-7-3-4-10(12)9(5-7)8(2)6-11/h3-5,8H,6H2,1-2H3. The molecule has 0 aromatic heterocycles. The van der Waals surface area contributed by atoms with E-state index in [0.29, 0.717) is 0 Å². The number of hydrogen-bond donors (Lipinski definition) is 0. The second kappa shape index (κ2) is 4.04. The van der Waals surface area contributed by atoms with Crippen molar-refractivity contribution in [2.75, 3.05) is 5.33 Å². The Morgan fingerprint density at radius 2 is 2.17 bits per heavy atom. The summed E-state index contributed by atoms with van der Waals surface area (Å²) in [4.78, 5) is 0. The maximum atomic E-state index is 13.2. The van der Waals surface area contributed by atoms with E-state index in [-0.39, 0.29) is 11.7 Å². The van der Waals surface area contributed by atoms with Gasteiger partial charge in [-0.1, -0.05) is 40.5 Å². The first-order chi connectivity index (χ1) is 5.65. The molecular weight excluding hydrogens is 219 g/mol. The van der Waals surface area contributed by atoms with Gasteiger partial charge in [-0.3, -0.25) is 0 Å². The van der Waals surface area contributed by atoms with E-state index in [0.717, 1.165) is 16.5 Å². The Labute approximate surface area is 80.9 Å². The Kier molecular flexibility index (Phi) is 3.27. The van der Waals surface area contributed by atoms with Crippen molar-refractivity contribution in [1.82, 2.24) is 0 Å². The zero-order valence-electron chi connectivity index (χ0n) is 7.27. The van der Waals surface area contributed by atoms with Gasteiger partial charge in [-0.15, -0.1) is 0 Å². The zero-order chi connectivity index (χ0) is 9.14. The molecule has 12 heavy (non-hydrogen) atoms. The molecule has 0 nitrogen and oxygen atoms in total. The number of alkyl halides is 1. The molecule has 1 rings (SSSR count). The maximum Gasteiger partial charge on any atom is 0.126 e. The lowest BCUT2D eigenvalue weighted by atomic mass is 10.0. The fraction of sp³-hybridized carbons (Fsp3) is 0.400. The summed E-state index contributed by atoms with van der Waals surface area (Å²) in [5.41, 5.74) is 1.91. The van der Waals surface area contributed by atoms with E-state index in [2.05, 4.69) is 15.9 Å². The fourth-order valence-electron chi connectivity index (χ4n) is 1.12. The minimum Gasteiger partial charge on any atom is -0.207 e. The molecule has 0 radical (unpaired) electrons. The summed E-state index contributed by atoms with van der Waals surface area (Å²) in [7, 11) is 0. The molecule has 0 fully saturated rings. The monoisotopic (exact) mass is 230 g/mol. The van der Waals surface area contributed by atoms with E-state index in [1.807, 2.05) is 19.9 Å². The van der Waals surface area contributed by atoms with Crippen molar-refractivity contribution in [2.24, 2.45) is 0 Å². The van der Waals surface area contributed by atoms with Crippen LogP contribution in [0.1, 0.15) is 24.0 Å². The molecule has 1 aromatic rings. The zero-order valence-corrected chi connectivity index (χ0v) is 8.86. The van der Waals surface area contributed by atoms with E-state index >= 15 is 0 Å². The van der Waals surface area contributed by atoms with E-state index in [4.69, 9.17) is 0 Å². The van der Waals surface area contributed by atoms with Crippen LogP contribution in [-0.4, -0.2) is 5.33 Å². The van der Waals surface area contributed by atoms with Crippen molar-refractivity contribution in [3.05, 3.63) is 35.1 Å². The molecule has 1 unspecified atom stereocenters. The normalized spacial score (nSPS) is 13.0. The maximum absolute atomic E-state index is 13.2. The summed E-state index contributed by atoms with van der Waals surface area (Å²) in [6.45, 7) is 3.98. The number of halogens is 2. The van der Waals surface area contributed by atoms with Gasteiger partial charge in [0.05, 0.1) is 0 Å². The van der Waals surface area contributed by atoms with Gasteiger partial charge < -0.3 is 0 Å². The van der Waals surface area contributed by atoms with Crippen molar-refractivity contribution < 1.29 is 4.39 Å². The van der Waals surface area contributed by atoms with Crippen LogP contribution in [-0.2, 0) is 0 Å². The van der Waals surface area contributed by atoms with Crippen LogP contribution < -0.4 is 0 Å². The lowest BCUT2D eigenvalue weighted by Crippen LogP contribution is -1.98. The molecule has 1 aromatic carbocycles. The van der Waals surface area contributed by atoms with Gasteiger partial charge in [0.1, 0.15) is 5.82 Å². The first-order valence-electron chi connectivity index (χ1n) is 3.97. The van der Waals surface area contributed by atoms with Gasteiger partial charge in [-0.2, -0.15) is 0 Å². The smallest absolute Gasteiger partial charge is 0.126 e. The van der Waals surface area contributed by atoms with Gasteiger partial charge in [0.25, 0.3) is 0 Å². The largest absolute Gasteiger partial charge is 0.207 e. The molecule has 2 heteroatoms. The summed E-state index contributed by atoms with van der Waals surface area (Å²) in [6, 6.07) is 5.23. The minimum absolute atomic E-state index is 0.104. The Morgan fingerprint density at radius 3 is 2.75 bits per heavy atom. The molecular formula is C10H12BrF. The molecule has 0 aliphatic rings. The summed E-state index contributed by atoms with van der Waals surface area (Å²) in [5.74, 6) is 0.137. The van der Waals surface area contributed by atoms with Gasteiger partial charge in [0.15, 0.2) is 0 Å². The molecule has 0 aliphatic carbocycles. The van der Waals surface area contributed by atoms with Crippen molar-refractivity contribution in [2.45, 2.75) is 19.8 Å². The molecule has 0 saturated heterocycles. The number of hydrogen-bond acceptors (Lipinski definition) is 0. The average molecular weight is 231 g/mol. The highest BCUT2D eigenvalue weighted by atomic mass is 79.9. The van der Waals surface area contributed by atoms with Gasteiger partial charge in [0, 0.05) is 5.33 Å². The van der Waals surface area contributed by atoms with E-state index in [9.17, 15) is 4.39 Å². The molecule has 0 heterocycles. The molecule has 1 atom stereocenters. The predicted octanol–water partition coefficient (Wildman–Crippen LogP) is 3.63. The molecule has 0 N–H and O–H groups in total. The number of rotatable bonds is 2. The molecule has 0 spiro atoms. The SMILES string of the molecule is Cc1ccc(F)c(C(C)CBr)c1. The molecule has 0 aliphatic heterocycles. The lowest BCUT2D eigenvalue weighted by Gasteiger charge is -2.09. The number of aryl methyl sites for hydroxylation is 1. The third-order valence-electron chi connectivity index (χ3n) is 1.91. The number of benzene rings is 1. The predicted molar refractivity (Wildman–Crippen MR) is 53.3 cm³/mol. The van der Waals surface area contributed by atoms with Crippen molar-refractivity contribution in [3.8, 4) is 0 Å². The van der Waals surface area contributed by atoms with Crippen molar-refractivity contribution in [1.29, 1.82) is 0 Å². The van der Waals surface area contributed by atoms with Gasteiger partial charge in [-0.05, 0) is 24.5 Å². The van der Waals surface area contributed by atoms with E-state index in [1.54, 1.807) is 6.07 Å². The minimum atomic E-state index is -0.104. The van der Waals surface area contributed by atoms with Crippen LogP contribution in [0.25, 0.3) is 0 Å². The first-order valence-corrected chi connectivity index (χ1v) is 5.09. The third kappa shape index (κ3) is 2.07. The van der Waals surface area contributed by atoms with Gasteiger partial charge in [0.2, 0.25) is 0 Å². The summed E-state index contributed by atoms with van der Waals surface area (Å²) < 4.78 is 13.2. The Balaban J connectivity index is 3.04. The summed E-state index contributed by atoms with van der Waals surface area (Å²) in [6.07, 6.45) is 0. The quantitative estimate of drug-likeness (QED) is 0.681. The van der Waals surface area contributed by atoms with Gasteiger partial charge in [-0.25, -0.2) is 4.39 Å². The molecule has 0 amide bonds. The highest BCUT2D eigenvalue weighted by Gasteiger charge is 2.08. The summed E-state index contributed by atoms with van der Waals surface area (Å²) >= 11 is 3.34. The average Bonchev–Trinajstić information content (AvgIpc) is 2.08. The van der Waals surface area contributed by atoms with E-state index in [1.165, 1.54) is 6.07 Å². The Bertz CT molecular complexity index is 271. The fourth-order valence-corrected chi connectivity index (χ4v) is 1.47. The van der Waals surface area contributed by atoms with Crippen molar-refractivity contribution >= 4 is 15.9 Å². The van der Waals surface area contributed by atoms with E-state index < -0.39 is 0 Å². The molecule has 66 valence electrons. The second-order valence-electron chi connectivity index (χ2n) is 3.08. The van der Waals surface area contributed by atoms with Crippen LogP contribution in [0.5, 0.6) is 0 Å². The first kappa shape index (κ1) is 9.72. The second-order valence-corrected chi connectivity index (χ2v) is 3.73. The van der Waals surface area contributed by atoms with Gasteiger partial charge >= 0.3 is 0 Å². The van der Waals surface area contributed by atoms with Crippen LogP contribution in [0.3, 0.4) is 0 Å². The molecule has 0 bridgehead atoms. The van der Waals surface area contributed by atoms with Crippen LogP contribution in [0.4, 0.5) is 4.39 Å². The van der Waals surface area contributed by atoms with Crippen LogP contribution in [0.15, 0.2) is 18.2 Å². The Hall–Kier alpha value is -0.370. The third-order valence-corrected chi connectivity index (χ3v) is 2.89. The van der Waals surface area contributed by atoms with Crippen LogP contribution in [0.2, 0.25) is 0 Å². The lowest BCUT2D eigenvalue weighted by molar-refractivity contribution is 0.599. The van der Waals surface area contributed by atoms with Crippen molar-refractivity contribution in [3.63, 3.8) is 0 Å². The van der Waals surface area contributed by atoms with Crippen LogP contribution in [0, 0.1) is 12.7 Å².